The summed E-state index contributed by atoms with van der Waals surface area (Å²) in [6.45, 7) is 0. The first kappa shape index (κ1) is 20.5. The molecule has 0 aliphatic rings. The quantitative estimate of drug-likeness (QED) is 0.469. The van der Waals surface area contributed by atoms with Gasteiger partial charge in [0.2, 0.25) is 0 Å². The van der Waals surface area contributed by atoms with Crippen LogP contribution in [0.15, 0.2) is 54.9 Å². The molecule has 4 rings (SSSR count). The van der Waals surface area contributed by atoms with Crippen LogP contribution in [0.25, 0.3) is 10.9 Å². The van der Waals surface area contributed by atoms with Gasteiger partial charge in [-0.25, -0.2) is 23.7 Å². The number of fused-ring (bicyclic) bond motifs is 1. The number of hydrogen-bond acceptors (Lipinski definition) is 6. The van der Waals surface area contributed by atoms with Crippen molar-refractivity contribution in [3.8, 4) is 11.5 Å². The molecule has 2 heterocycles. The molecule has 0 aliphatic carbocycles. The SMILES string of the molecule is COc1cc(OC)cc(C(Nc2nc(C(F)F)nc3ccccc23)c2nccn2C)c1. The third kappa shape index (κ3) is 4.11. The summed E-state index contributed by atoms with van der Waals surface area (Å²) in [7, 11) is 4.99. The Balaban J connectivity index is 1.89. The fourth-order valence-corrected chi connectivity index (χ4v) is 3.39. The van der Waals surface area contributed by atoms with E-state index in [1.165, 1.54) is 0 Å². The number of rotatable bonds is 7. The number of hydrogen-bond donors (Lipinski definition) is 1. The molecule has 4 aromatic rings. The van der Waals surface area contributed by atoms with E-state index < -0.39 is 18.3 Å². The van der Waals surface area contributed by atoms with Crippen LogP contribution in [0.3, 0.4) is 0 Å². The Bertz CT molecular complexity index is 1190. The van der Waals surface area contributed by atoms with E-state index in [4.69, 9.17) is 9.47 Å². The van der Waals surface area contributed by atoms with Gasteiger partial charge in [0.25, 0.3) is 6.43 Å². The zero-order valence-corrected chi connectivity index (χ0v) is 17.2. The van der Waals surface area contributed by atoms with E-state index in [2.05, 4.69) is 20.3 Å². The van der Waals surface area contributed by atoms with Crippen LogP contribution in [0.1, 0.15) is 29.7 Å². The number of imidazole rings is 1. The van der Waals surface area contributed by atoms with E-state index in [0.717, 1.165) is 5.56 Å². The van der Waals surface area contributed by atoms with Crippen LogP contribution in [0.2, 0.25) is 0 Å². The molecule has 0 fully saturated rings. The van der Waals surface area contributed by atoms with Crippen LogP contribution in [-0.2, 0) is 7.05 Å². The maximum absolute atomic E-state index is 13.5. The first-order valence-corrected chi connectivity index (χ1v) is 9.51. The highest BCUT2D eigenvalue weighted by Crippen LogP contribution is 2.33. The Morgan fingerprint density at radius 1 is 1.00 bits per heavy atom. The third-order valence-electron chi connectivity index (χ3n) is 4.92. The van der Waals surface area contributed by atoms with Crippen molar-refractivity contribution in [3.05, 3.63) is 72.1 Å². The number of benzene rings is 2. The predicted molar refractivity (Wildman–Crippen MR) is 113 cm³/mol. The van der Waals surface area contributed by atoms with Gasteiger partial charge in [-0.3, -0.25) is 0 Å². The minimum absolute atomic E-state index is 0.288. The molecule has 2 aromatic heterocycles. The molecule has 0 saturated heterocycles. The van der Waals surface area contributed by atoms with E-state index in [1.807, 2.05) is 36.0 Å². The largest absolute Gasteiger partial charge is 0.497 e. The van der Waals surface area contributed by atoms with E-state index in [9.17, 15) is 8.78 Å². The molecule has 31 heavy (non-hydrogen) atoms. The summed E-state index contributed by atoms with van der Waals surface area (Å²) < 4.78 is 39.6. The molecule has 7 nitrogen and oxygen atoms in total. The summed E-state index contributed by atoms with van der Waals surface area (Å²) in [5, 5.41) is 3.93. The fraction of sp³-hybridized carbons (Fsp3) is 0.227. The number of halogens is 2. The van der Waals surface area contributed by atoms with Gasteiger partial charge >= 0.3 is 0 Å². The minimum atomic E-state index is -2.80. The lowest BCUT2D eigenvalue weighted by Gasteiger charge is -2.22. The van der Waals surface area contributed by atoms with Crippen LogP contribution in [0.5, 0.6) is 11.5 Å². The molecule has 0 saturated carbocycles. The van der Waals surface area contributed by atoms with Crippen molar-refractivity contribution in [1.82, 2.24) is 19.5 Å². The normalized spacial score (nSPS) is 12.2. The van der Waals surface area contributed by atoms with E-state index in [1.54, 1.807) is 44.7 Å². The third-order valence-corrected chi connectivity index (χ3v) is 4.92. The van der Waals surface area contributed by atoms with Crippen molar-refractivity contribution >= 4 is 16.7 Å². The minimum Gasteiger partial charge on any atom is -0.497 e. The monoisotopic (exact) mass is 425 g/mol. The van der Waals surface area contributed by atoms with Crippen LogP contribution >= 0.6 is 0 Å². The molecule has 0 spiro atoms. The van der Waals surface area contributed by atoms with Gasteiger partial charge < -0.3 is 19.4 Å². The lowest BCUT2D eigenvalue weighted by molar-refractivity contribution is 0.141. The molecule has 160 valence electrons. The average molecular weight is 425 g/mol. The van der Waals surface area contributed by atoms with Crippen molar-refractivity contribution in [2.24, 2.45) is 7.05 Å². The van der Waals surface area contributed by atoms with E-state index >= 15 is 0 Å². The van der Waals surface area contributed by atoms with Crippen molar-refractivity contribution in [2.75, 3.05) is 19.5 Å². The van der Waals surface area contributed by atoms with Crippen molar-refractivity contribution in [2.45, 2.75) is 12.5 Å². The van der Waals surface area contributed by atoms with Crippen molar-refractivity contribution in [3.63, 3.8) is 0 Å². The molecule has 1 atom stereocenters. The standard InChI is InChI=1S/C22H21F2N5O2/c1-29-9-8-25-22(29)18(13-10-14(30-2)12-15(11-13)31-3)27-20-16-6-4-5-7-17(16)26-21(28-20)19(23)24/h4-12,18-19H,1-3H3,(H,26,27,28). The van der Waals surface area contributed by atoms with Crippen LogP contribution in [0.4, 0.5) is 14.6 Å². The topological polar surface area (TPSA) is 74.1 Å². The Hall–Kier alpha value is -3.75. The molecule has 0 bridgehead atoms. The summed E-state index contributed by atoms with van der Waals surface area (Å²) >= 11 is 0. The number of aryl methyl sites for hydroxylation is 1. The van der Waals surface area contributed by atoms with Gasteiger partial charge in [0, 0.05) is 30.9 Å². The second-order valence-electron chi connectivity index (χ2n) is 6.87. The second-order valence-corrected chi connectivity index (χ2v) is 6.87. The lowest BCUT2D eigenvalue weighted by Crippen LogP contribution is -2.18. The van der Waals surface area contributed by atoms with Gasteiger partial charge in [0.15, 0.2) is 5.82 Å². The first-order valence-electron chi connectivity index (χ1n) is 9.51. The van der Waals surface area contributed by atoms with Crippen LogP contribution in [0, 0.1) is 0 Å². The molecule has 2 aromatic carbocycles. The number of para-hydroxylation sites is 1. The first-order chi connectivity index (χ1) is 15.0. The van der Waals surface area contributed by atoms with Gasteiger partial charge in [-0.15, -0.1) is 0 Å². The van der Waals surface area contributed by atoms with Crippen molar-refractivity contribution < 1.29 is 18.3 Å². The smallest absolute Gasteiger partial charge is 0.297 e. The molecule has 0 radical (unpaired) electrons. The highest BCUT2D eigenvalue weighted by molar-refractivity contribution is 5.89. The predicted octanol–water partition coefficient (Wildman–Crippen LogP) is 4.52. The highest BCUT2D eigenvalue weighted by Gasteiger charge is 2.23. The number of nitrogens with one attached hydrogen (secondary N) is 1. The summed E-state index contributed by atoms with van der Waals surface area (Å²) in [6, 6.07) is 11.9. The van der Waals surface area contributed by atoms with Gasteiger partial charge in [-0.1, -0.05) is 12.1 Å². The number of methoxy groups -OCH3 is 2. The van der Waals surface area contributed by atoms with Crippen LogP contribution < -0.4 is 14.8 Å². The molecule has 0 aliphatic heterocycles. The molecular weight excluding hydrogens is 404 g/mol. The van der Waals surface area contributed by atoms with Gasteiger partial charge in [-0.2, -0.15) is 0 Å². The molecular formula is C22H21F2N5O2. The summed E-state index contributed by atoms with van der Waals surface area (Å²) in [5.41, 5.74) is 1.20. The van der Waals surface area contributed by atoms with E-state index in [0.29, 0.717) is 28.2 Å². The summed E-state index contributed by atoms with van der Waals surface area (Å²) in [6.07, 6.45) is 0.683. The van der Waals surface area contributed by atoms with Gasteiger partial charge in [0.05, 0.1) is 19.7 Å². The van der Waals surface area contributed by atoms with Crippen LogP contribution in [-0.4, -0.2) is 33.7 Å². The Morgan fingerprint density at radius 3 is 2.32 bits per heavy atom. The molecule has 1 N–H and O–H groups in total. The Labute approximate surface area is 177 Å². The average Bonchev–Trinajstić information content (AvgIpc) is 3.22. The molecule has 0 amide bonds. The fourth-order valence-electron chi connectivity index (χ4n) is 3.39. The molecule has 1 unspecified atom stereocenters. The van der Waals surface area contributed by atoms with Crippen molar-refractivity contribution in [1.29, 1.82) is 0 Å². The van der Waals surface area contributed by atoms with E-state index in [-0.39, 0.29) is 5.82 Å². The maximum Gasteiger partial charge on any atom is 0.297 e. The highest BCUT2D eigenvalue weighted by atomic mass is 19.3. The number of anilines is 1. The Morgan fingerprint density at radius 2 is 1.71 bits per heavy atom. The number of nitrogens with zero attached hydrogens (tertiary/aromatic N) is 4. The van der Waals surface area contributed by atoms with Gasteiger partial charge in [0.1, 0.15) is 29.2 Å². The number of ether oxygens (including phenoxy) is 2. The second kappa shape index (κ2) is 8.55. The van der Waals surface area contributed by atoms with Gasteiger partial charge in [-0.05, 0) is 29.8 Å². The summed E-state index contributed by atoms with van der Waals surface area (Å²) in [5.74, 6) is 1.60. The zero-order valence-electron chi connectivity index (χ0n) is 17.2. The zero-order chi connectivity index (χ0) is 22.0. The maximum atomic E-state index is 13.5. The molecule has 9 heteroatoms. The Kier molecular flexibility index (Phi) is 5.66. The summed E-state index contributed by atoms with van der Waals surface area (Å²) in [4.78, 5) is 12.6. The lowest BCUT2D eigenvalue weighted by atomic mass is 10.0. The number of alkyl halides is 2. The number of aromatic nitrogens is 4.